The third-order valence-electron chi connectivity index (χ3n) is 0.434. The summed E-state index contributed by atoms with van der Waals surface area (Å²) in [4.78, 5) is 0. The minimum atomic E-state index is -3.98. The second-order valence-electron chi connectivity index (χ2n) is 1.51. The molecule has 0 bridgehead atoms. The summed E-state index contributed by atoms with van der Waals surface area (Å²) in [6.45, 7) is 1.68. The smallest absolute Gasteiger partial charge is 0.748 e. The first kappa shape index (κ1) is 13.2. The van der Waals surface area contributed by atoms with E-state index in [4.69, 9.17) is 0 Å². The summed E-state index contributed by atoms with van der Waals surface area (Å²) in [6.07, 6.45) is 0. The Morgan fingerprint density at radius 1 is 1.67 bits per heavy atom. The predicted molar refractivity (Wildman–Crippen MR) is 38.0 cm³/mol. The molecule has 0 rings (SSSR count). The van der Waals surface area contributed by atoms with Gasteiger partial charge in [-0.3, -0.25) is 0 Å². The van der Waals surface area contributed by atoms with Gasteiger partial charge in [0.15, 0.2) is 0 Å². The molecule has 0 aliphatic heterocycles. The average Bonchev–Trinajstić information content (AvgIpc) is 1.21. The molecule has 3 nitrogen and oxygen atoms in total. The Bertz CT molecular complexity index is 152. The van der Waals surface area contributed by atoms with Crippen LogP contribution < -0.4 is 29.6 Å². The normalized spacial score (nSPS) is 14.1. The monoisotopic (exact) mass is 272 g/mol. The van der Waals surface area contributed by atoms with Gasteiger partial charge < -0.3 is 4.55 Å². The summed E-state index contributed by atoms with van der Waals surface area (Å²) in [5.41, 5.74) is 0. The summed E-state index contributed by atoms with van der Waals surface area (Å²) in [5, 5.41) is 0. The van der Waals surface area contributed by atoms with Gasteiger partial charge in [-0.15, -0.1) is 0 Å². The van der Waals surface area contributed by atoms with Gasteiger partial charge in [-0.05, 0) is 0 Å². The molecule has 0 saturated heterocycles. The van der Waals surface area contributed by atoms with Crippen LogP contribution in [0.15, 0.2) is 0 Å². The molecule has 1 atom stereocenters. The van der Waals surface area contributed by atoms with Gasteiger partial charge in [-0.25, -0.2) is 8.42 Å². The molecular formula is C3H6INaO3S. The Labute approximate surface area is 90.8 Å². The van der Waals surface area contributed by atoms with Crippen molar-refractivity contribution in [2.24, 2.45) is 0 Å². The van der Waals surface area contributed by atoms with E-state index >= 15 is 0 Å². The van der Waals surface area contributed by atoms with E-state index < -0.39 is 10.1 Å². The molecule has 9 heavy (non-hydrogen) atoms. The van der Waals surface area contributed by atoms with Crippen molar-refractivity contribution < 1.29 is 42.5 Å². The van der Waals surface area contributed by atoms with Gasteiger partial charge in [0, 0.05) is 9.68 Å². The van der Waals surface area contributed by atoms with Crippen LogP contribution in [-0.2, 0) is 10.1 Å². The van der Waals surface area contributed by atoms with Crippen LogP contribution in [0.3, 0.4) is 0 Å². The maximum atomic E-state index is 9.88. The molecule has 0 aliphatic rings. The largest absolute Gasteiger partial charge is 1.00 e. The third-order valence-corrected chi connectivity index (χ3v) is 2.38. The molecule has 1 unspecified atom stereocenters. The van der Waals surface area contributed by atoms with Crippen LogP contribution in [0.2, 0.25) is 0 Å². The van der Waals surface area contributed by atoms with E-state index in [1.54, 1.807) is 6.92 Å². The van der Waals surface area contributed by atoms with Crippen molar-refractivity contribution in [3.63, 3.8) is 0 Å². The average molecular weight is 272 g/mol. The number of rotatable bonds is 2. The summed E-state index contributed by atoms with van der Waals surface area (Å²) >= 11 is 1.89. The van der Waals surface area contributed by atoms with E-state index in [0.717, 1.165) is 0 Å². The molecule has 0 fully saturated rings. The quantitative estimate of drug-likeness (QED) is 0.239. The maximum Gasteiger partial charge on any atom is 1.00 e. The summed E-state index contributed by atoms with van der Waals surface area (Å²) < 4.78 is 29.6. The van der Waals surface area contributed by atoms with Gasteiger partial charge in [-0.1, -0.05) is 29.5 Å². The third kappa shape index (κ3) is 12.8. The summed E-state index contributed by atoms with van der Waals surface area (Å²) in [6, 6.07) is 0. The van der Waals surface area contributed by atoms with Crippen LogP contribution in [0.5, 0.6) is 0 Å². The van der Waals surface area contributed by atoms with Crippen LogP contribution in [0.1, 0.15) is 6.92 Å². The second-order valence-corrected chi connectivity index (χ2v) is 5.08. The zero-order chi connectivity index (χ0) is 6.78. The van der Waals surface area contributed by atoms with Gasteiger partial charge in [-0.2, -0.15) is 0 Å². The van der Waals surface area contributed by atoms with E-state index in [1.807, 2.05) is 22.6 Å². The van der Waals surface area contributed by atoms with Crippen molar-refractivity contribution in [1.82, 2.24) is 0 Å². The van der Waals surface area contributed by atoms with Crippen molar-refractivity contribution in [3.8, 4) is 0 Å². The predicted octanol–water partition coefficient (Wildman–Crippen LogP) is -2.64. The molecule has 0 amide bonds. The van der Waals surface area contributed by atoms with Crippen molar-refractivity contribution >= 4 is 32.7 Å². The standard InChI is InChI=1S/C3H7IO3S.Na/c1-3(4)2-8(5,6)7;/h3H,2H2,1H3,(H,5,6,7);/q;+1/p-1. The Hall–Kier alpha value is 1.64. The molecule has 0 aromatic rings. The Kier molecular flexibility index (Phi) is 7.82. The minimum Gasteiger partial charge on any atom is -0.748 e. The fraction of sp³-hybridized carbons (Fsp3) is 1.00. The molecule has 6 heteroatoms. The SMILES string of the molecule is CC(I)CS(=O)(=O)[O-].[Na+]. The molecule has 0 N–H and O–H groups in total. The van der Waals surface area contributed by atoms with Crippen molar-refractivity contribution in [2.45, 2.75) is 10.8 Å². The number of hydrogen-bond acceptors (Lipinski definition) is 3. The maximum absolute atomic E-state index is 9.88. The summed E-state index contributed by atoms with van der Waals surface area (Å²) in [7, 11) is -3.98. The number of halogens is 1. The van der Waals surface area contributed by atoms with Crippen LogP contribution >= 0.6 is 22.6 Å². The van der Waals surface area contributed by atoms with Crippen LogP contribution in [0.25, 0.3) is 0 Å². The van der Waals surface area contributed by atoms with Gasteiger partial charge in [0.2, 0.25) is 0 Å². The molecular weight excluding hydrogens is 266 g/mol. The Morgan fingerprint density at radius 2 is 2.00 bits per heavy atom. The van der Waals surface area contributed by atoms with Crippen molar-refractivity contribution in [2.75, 3.05) is 5.75 Å². The molecule has 0 aliphatic carbocycles. The molecule has 0 heterocycles. The van der Waals surface area contributed by atoms with Gasteiger partial charge >= 0.3 is 29.6 Å². The Morgan fingerprint density at radius 3 is 2.00 bits per heavy atom. The topological polar surface area (TPSA) is 57.2 Å². The number of hydrogen-bond donors (Lipinski definition) is 0. The van der Waals surface area contributed by atoms with Crippen LogP contribution in [0.4, 0.5) is 0 Å². The molecule has 0 saturated carbocycles. The van der Waals surface area contributed by atoms with Crippen LogP contribution in [0, 0.1) is 0 Å². The van der Waals surface area contributed by atoms with Gasteiger partial charge in [0.25, 0.3) is 0 Å². The van der Waals surface area contributed by atoms with E-state index in [-0.39, 0.29) is 39.2 Å². The first-order valence-corrected chi connectivity index (χ1v) is 4.82. The molecule has 0 aromatic heterocycles. The van der Waals surface area contributed by atoms with Gasteiger partial charge in [0.05, 0.1) is 10.1 Å². The van der Waals surface area contributed by atoms with Crippen molar-refractivity contribution in [1.29, 1.82) is 0 Å². The summed E-state index contributed by atoms with van der Waals surface area (Å²) in [5.74, 6) is -0.270. The minimum absolute atomic E-state index is 0. The molecule has 0 spiro atoms. The first-order chi connectivity index (χ1) is 3.42. The van der Waals surface area contributed by atoms with E-state index in [1.165, 1.54) is 0 Å². The van der Waals surface area contributed by atoms with Crippen LogP contribution in [-0.4, -0.2) is 22.6 Å². The fourth-order valence-electron chi connectivity index (χ4n) is 0.281. The van der Waals surface area contributed by atoms with E-state index in [2.05, 4.69) is 0 Å². The fourth-order valence-corrected chi connectivity index (χ4v) is 2.17. The molecule has 0 radical (unpaired) electrons. The van der Waals surface area contributed by atoms with E-state index in [9.17, 15) is 13.0 Å². The Balaban J connectivity index is 0. The zero-order valence-corrected chi connectivity index (χ0v) is 10.3. The van der Waals surface area contributed by atoms with E-state index in [0.29, 0.717) is 0 Å². The molecule has 0 aromatic carbocycles. The first-order valence-electron chi connectivity index (χ1n) is 1.99. The molecule has 50 valence electrons. The van der Waals surface area contributed by atoms with Crippen molar-refractivity contribution in [3.05, 3.63) is 0 Å². The second kappa shape index (κ2) is 5.31. The zero-order valence-electron chi connectivity index (χ0n) is 5.30. The number of alkyl halides is 1. The van der Waals surface area contributed by atoms with Gasteiger partial charge in [0.1, 0.15) is 0 Å².